The van der Waals surface area contributed by atoms with Crippen molar-refractivity contribution in [1.29, 1.82) is 0 Å². The first-order chi connectivity index (χ1) is 8.63. The van der Waals surface area contributed by atoms with Crippen LogP contribution in [0.15, 0.2) is 28.7 Å². The molecule has 0 aliphatic heterocycles. The van der Waals surface area contributed by atoms with Crippen molar-refractivity contribution >= 4 is 15.9 Å². The molecule has 0 spiro atoms. The highest BCUT2D eigenvalue weighted by Crippen LogP contribution is 2.17. The van der Waals surface area contributed by atoms with Crippen molar-refractivity contribution < 1.29 is 9.47 Å². The van der Waals surface area contributed by atoms with Gasteiger partial charge in [-0.3, -0.25) is 0 Å². The lowest BCUT2D eigenvalue weighted by Gasteiger charge is -2.19. The van der Waals surface area contributed by atoms with E-state index in [0.717, 1.165) is 16.6 Å². The fourth-order valence-corrected chi connectivity index (χ4v) is 1.94. The Labute approximate surface area is 118 Å². The summed E-state index contributed by atoms with van der Waals surface area (Å²) in [5, 5.41) is 3.36. The molecule has 1 N–H and O–H groups in total. The van der Waals surface area contributed by atoms with Crippen molar-refractivity contribution in [2.24, 2.45) is 0 Å². The fourth-order valence-electron chi connectivity index (χ4n) is 1.54. The van der Waals surface area contributed by atoms with Crippen LogP contribution in [-0.4, -0.2) is 32.4 Å². The van der Waals surface area contributed by atoms with Crippen LogP contribution >= 0.6 is 15.9 Å². The van der Waals surface area contributed by atoms with Crippen LogP contribution in [0.4, 0.5) is 0 Å². The van der Waals surface area contributed by atoms with E-state index in [0.29, 0.717) is 19.3 Å². The third kappa shape index (κ3) is 5.96. The summed E-state index contributed by atoms with van der Waals surface area (Å²) < 4.78 is 12.1. The Hall–Kier alpha value is -0.420. The zero-order valence-electron chi connectivity index (χ0n) is 11.3. The molecule has 0 aliphatic carbocycles. The maximum absolute atomic E-state index is 5.88. The topological polar surface area (TPSA) is 30.5 Å². The third-order valence-electron chi connectivity index (χ3n) is 2.54. The molecular weight excluding hydrogens is 294 g/mol. The minimum atomic E-state index is 0.0736. The Kier molecular flexibility index (Phi) is 7.51. The second-order valence-electron chi connectivity index (χ2n) is 4.54. The molecule has 0 fully saturated rings. The molecule has 0 heterocycles. The second-order valence-corrected chi connectivity index (χ2v) is 5.40. The molecule has 0 saturated carbocycles. The van der Waals surface area contributed by atoms with E-state index in [1.54, 1.807) is 7.11 Å². The first-order valence-corrected chi connectivity index (χ1v) is 7.00. The van der Waals surface area contributed by atoms with Crippen molar-refractivity contribution in [3.8, 4) is 0 Å². The molecule has 0 amide bonds. The largest absolute Gasteiger partial charge is 0.382 e. The minimum absolute atomic E-state index is 0.0736. The summed E-state index contributed by atoms with van der Waals surface area (Å²) in [5.41, 5.74) is 1.16. The smallest absolute Gasteiger partial charge is 0.0936 e. The summed E-state index contributed by atoms with van der Waals surface area (Å²) in [5.74, 6) is 0. The molecule has 0 aliphatic rings. The molecule has 0 bridgehead atoms. The van der Waals surface area contributed by atoms with Crippen molar-refractivity contribution in [2.45, 2.75) is 32.6 Å². The highest BCUT2D eigenvalue weighted by molar-refractivity contribution is 9.10. The highest BCUT2D eigenvalue weighted by atomic mass is 79.9. The molecule has 3 nitrogen and oxygen atoms in total. The van der Waals surface area contributed by atoms with Crippen LogP contribution < -0.4 is 5.32 Å². The Morgan fingerprint density at radius 1 is 1.28 bits per heavy atom. The van der Waals surface area contributed by atoms with Crippen LogP contribution in [0.3, 0.4) is 0 Å². The highest BCUT2D eigenvalue weighted by Gasteiger charge is 2.10. The van der Waals surface area contributed by atoms with Crippen LogP contribution in [0.25, 0.3) is 0 Å². The first-order valence-electron chi connectivity index (χ1n) is 6.20. The Bertz CT molecular complexity index is 344. The maximum Gasteiger partial charge on any atom is 0.0936 e. The molecule has 4 heteroatoms. The van der Waals surface area contributed by atoms with Gasteiger partial charge in [0.2, 0.25) is 0 Å². The van der Waals surface area contributed by atoms with Gasteiger partial charge in [0, 0.05) is 24.2 Å². The van der Waals surface area contributed by atoms with E-state index in [2.05, 4.69) is 41.2 Å². The van der Waals surface area contributed by atoms with Gasteiger partial charge < -0.3 is 14.8 Å². The SMILES string of the molecule is COCC(CNC(C)C)OCc1ccccc1Br. The normalized spacial score (nSPS) is 12.9. The van der Waals surface area contributed by atoms with Gasteiger partial charge in [-0.1, -0.05) is 48.0 Å². The van der Waals surface area contributed by atoms with Gasteiger partial charge in [-0.2, -0.15) is 0 Å². The quantitative estimate of drug-likeness (QED) is 0.800. The Balaban J connectivity index is 2.44. The number of hydrogen-bond donors (Lipinski definition) is 1. The molecular formula is C14H22BrNO2. The zero-order chi connectivity index (χ0) is 13.4. The van der Waals surface area contributed by atoms with Crippen LogP contribution in [0.1, 0.15) is 19.4 Å². The summed E-state index contributed by atoms with van der Waals surface area (Å²) >= 11 is 3.52. The third-order valence-corrected chi connectivity index (χ3v) is 3.31. The molecule has 0 radical (unpaired) electrons. The van der Waals surface area contributed by atoms with E-state index in [1.807, 2.05) is 18.2 Å². The van der Waals surface area contributed by atoms with E-state index >= 15 is 0 Å². The van der Waals surface area contributed by atoms with Crippen molar-refractivity contribution in [3.63, 3.8) is 0 Å². The molecule has 0 aromatic heterocycles. The summed E-state index contributed by atoms with van der Waals surface area (Å²) in [6.45, 7) is 6.24. The number of halogens is 1. The van der Waals surface area contributed by atoms with Gasteiger partial charge in [-0.25, -0.2) is 0 Å². The molecule has 18 heavy (non-hydrogen) atoms. The molecule has 102 valence electrons. The number of ether oxygens (including phenoxy) is 2. The van der Waals surface area contributed by atoms with E-state index < -0.39 is 0 Å². The van der Waals surface area contributed by atoms with Crippen LogP contribution in [0, 0.1) is 0 Å². The monoisotopic (exact) mass is 315 g/mol. The molecule has 1 rings (SSSR count). The fraction of sp³-hybridized carbons (Fsp3) is 0.571. The van der Waals surface area contributed by atoms with Gasteiger partial charge >= 0.3 is 0 Å². The van der Waals surface area contributed by atoms with Gasteiger partial charge in [0.1, 0.15) is 0 Å². The minimum Gasteiger partial charge on any atom is -0.382 e. The molecule has 0 saturated heterocycles. The van der Waals surface area contributed by atoms with E-state index in [-0.39, 0.29) is 6.10 Å². The Morgan fingerprint density at radius 3 is 2.61 bits per heavy atom. The molecule has 1 atom stereocenters. The summed E-state index contributed by atoms with van der Waals surface area (Å²) in [6, 6.07) is 8.55. The molecule has 1 aromatic rings. The predicted molar refractivity (Wildman–Crippen MR) is 77.7 cm³/mol. The number of hydrogen-bond acceptors (Lipinski definition) is 3. The van der Waals surface area contributed by atoms with Crippen LogP contribution in [0.5, 0.6) is 0 Å². The van der Waals surface area contributed by atoms with Crippen molar-refractivity contribution in [2.75, 3.05) is 20.3 Å². The average Bonchev–Trinajstić information content (AvgIpc) is 2.34. The van der Waals surface area contributed by atoms with E-state index in [1.165, 1.54) is 0 Å². The second kappa shape index (κ2) is 8.64. The van der Waals surface area contributed by atoms with Gasteiger partial charge in [-0.15, -0.1) is 0 Å². The van der Waals surface area contributed by atoms with Gasteiger partial charge in [0.05, 0.1) is 19.3 Å². The average molecular weight is 316 g/mol. The van der Waals surface area contributed by atoms with Gasteiger partial charge in [0.25, 0.3) is 0 Å². The number of nitrogens with one attached hydrogen (secondary N) is 1. The number of rotatable bonds is 8. The maximum atomic E-state index is 5.88. The zero-order valence-corrected chi connectivity index (χ0v) is 12.9. The number of methoxy groups -OCH3 is 1. The van der Waals surface area contributed by atoms with Gasteiger partial charge in [-0.05, 0) is 11.6 Å². The summed E-state index contributed by atoms with van der Waals surface area (Å²) in [4.78, 5) is 0. The Morgan fingerprint density at radius 2 is 2.00 bits per heavy atom. The lowest BCUT2D eigenvalue weighted by Crippen LogP contribution is -2.36. The molecule has 1 unspecified atom stereocenters. The van der Waals surface area contributed by atoms with E-state index in [9.17, 15) is 0 Å². The number of benzene rings is 1. The van der Waals surface area contributed by atoms with Crippen molar-refractivity contribution in [1.82, 2.24) is 5.32 Å². The van der Waals surface area contributed by atoms with Gasteiger partial charge in [0.15, 0.2) is 0 Å². The van der Waals surface area contributed by atoms with Crippen molar-refractivity contribution in [3.05, 3.63) is 34.3 Å². The lowest BCUT2D eigenvalue weighted by atomic mass is 10.2. The van der Waals surface area contributed by atoms with Crippen LogP contribution in [0.2, 0.25) is 0 Å². The predicted octanol–water partition coefficient (Wildman–Crippen LogP) is 2.98. The van der Waals surface area contributed by atoms with Crippen LogP contribution in [-0.2, 0) is 16.1 Å². The molecule has 1 aromatic carbocycles. The standard InChI is InChI=1S/C14H22BrNO2/c1-11(2)16-8-13(10-17-3)18-9-12-6-4-5-7-14(12)15/h4-7,11,13,16H,8-10H2,1-3H3. The summed E-state index contributed by atoms with van der Waals surface area (Å²) in [7, 11) is 1.70. The summed E-state index contributed by atoms with van der Waals surface area (Å²) in [6.07, 6.45) is 0.0736. The lowest BCUT2D eigenvalue weighted by molar-refractivity contribution is -0.0111. The first kappa shape index (κ1) is 15.6. The van der Waals surface area contributed by atoms with E-state index in [4.69, 9.17) is 9.47 Å².